The van der Waals surface area contributed by atoms with Crippen LogP contribution in [0, 0.1) is 0 Å². The maximum atomic E-state index is 10.8. The van der Waals surface area contributed by atoms with Crippen LogP contribution in [0.1, 0.15) is 0 Å². The first-order valence-corrected chi connectivity index (χ1v) is 2.90. The largest absolute Gasteiger partial charge is 0.272 e. The van der Waals surface area contributed by atoms with Crippen molar-refractivity contribution in [1.29, 1.82) is 0 Å². The van der Waals surface area contributed by atoms with Gasteiger partial charge in [0.1, 0.15) is 0 Å². The predicted molar refractivity (Wildman–Crippen MR) is 36.1 cm³/mol. The van der Waals surface area contributed by atoms with Crippen molar-refractivity contribution in [1.82, 2.24) is 4.90 Å². The normalized spacial score (nSPS) is 16.0. The monoisotopic (exact) mass is 137 g/mol. The molecule has 0 N–H and O–H groups in total. The minimum Gasteiger partial charge on any atom is -0.272 e. The van der Waals surface area contributed by atoms with Crippen LogP contribution in [0.5, 0.6) is 0 Å². The average Bonchev–Trinajstić information content (AvgIpc) is 2.34. The lowest BCUT2D eigenvalue weighted by atomic mass is 10.5. The molecule has 3 heteroatoms. The summed E-state index contributed by atoms with van der Waals surface area (Å²) in [5.74, 6) is -0.597. The molecule has 0 fully saturated rings. The van der Waals surface area contributed by atoms with Gasteiger partial charge in [-0.15, -0.1) is 0 Å². The highest BCUT2D eigenvalue weighted by molar-refractivity contribution is 6.06. The molecule has 1 rings (SSSR count). The minimum absolute atomic E-state index is 0.259. The van der Waals surface area contributed by atoms with Crippen molar-refractivity contribution in [2.24, 2.45) is 0 Å². The Bertz CT molecular complexity index is 218. The molecule has 10 heavy (non-hydrogen) atoms. The fraction of sp³-hybridized carbons (Fsp3) is 0.143. The maximum Gasteiger partial charge on any atom is 0.253 e. The molecule has 0 radical (unpaired) electrons. The standard InChI is InChI=1S/C7H7NO2/c1-2-6(9)8-5-3-4-7(8)10/h2-4H,1,5H2. The summed E-state index contributed by atoms with van der Waals surface area (Å²) in [7, 11) is 0. The van der Waals surface area contributed by atoms with Gasteiger partial charge in [-0.3, -0.25) is 14.5 Å². The zero-order chi connectivity index (χ0) is 7.56. The van der Waals surface area contributed by atoms with E-state index in [4.69, 9.17) is 0 Å². The Morgan fingerprint density at radius 3 is 2.90 bits per heavy atom. The van der Waals surface area contributed by atoms with Gasteiger partial charge in [0.2, 0.25) is 0 Å². The van der Waals surface area contributed by atoms with Crippen molar-refractivity contribution in [2.45, 2.75) is 0 Å². The second-order valence-corrected chi connectivity index (χ2v) is 1.89. The molecule has 52 valence electrons. The van der Waals surface area contributed by atoms with Crippen LogP contribution in [0.2, 0.25) is 0 Å². The van der Waals surface area contributed by atoms with Crippen molar-refractivity contribution in [3.05, 3.63) is 24.8 Å². The molecular weight excluding hydrogens is 130 g/mol. The number of imide groups is 1. The van der Waals surface area contributed by atoms with Crippen LogP contribution in [-0.4, -0.2) is 23.3 Å². The highest BCUT2D eigenvalue weighted by Gasteiger charge is 2.18. The Balaban J connectivity index is 2.68. The molecule has 0 saturated carbocycles. The van der Waals surface area contributed by atoms with Gasteiger partial charge in [0.25, 0.3) is 11.8 Å². The molecule has 0 aromatic rings. The fourth-order valence-electron chi connectivity index (χ4n) is 0.748. The number of rotatable bonds is 1. The molecule has 0 saturated heterocycles. The van der Waals surface area contributed by atoms with Crippen LogP contribution < -0.4 is 0 Å². The number of nitrogens with zero attached hydrogens (tertiary/aromatic N) is 1. The summed E-state index contributed by atoms with van der Waals surface area (Å²) in [6.45, 7) is 3.65. The van der Waals surface area contributed by atoms with E-state index in [0.717, 1.165) is 11.0 Å². The molecule has 1 heterocycles. The molecule has 1 aliphatic rings. The van der Waals surface area contributed by atoms with Gasteiger partial charge in [-0.2, -0.15) is 0 Å². The first kappa shape index (κ1) is 6.74. The zero-order valence-electron chi connectivity index (χ0n) is 5.41. The van der Waals surface area contributed by atoms with E-state index in [1.165, 1.54) is 6.08 Å². The predicted octanol–water partition coefficient (Wildman–Crippen LogP) is 0.0974. The van der Waals surface area contributed by atoms with Gasteiger partial charge in [-0.25, -0.2) is 0 Å². The molecular formula is C7H7NO2. The van der Waals surface area contributed by atoms with E-state index >= 15 is 0 Å². The summed E-state index contributed by atoms with van der Waals surface area (Å²) in [4.78, 5) is 22.6. The van der Waals surface area contributed by atoms with Gasteiger partial charge < -0.3 is 0 Å². The summed E-state index contributed by atoms with van der Waals surface area (Å²) in [6.07, 6.45) is 4.15. The Labute approximate surface area is 58.6 Å². The molecule has 0 aliphatic carbocycles. The highest BCUT2D eigenvalue weighted by Crippen LogP contribution is 2.01. The Morgan fingerprint density at radius 2 is 2.50 bits per heavy atom. The molecule has 0 aromatic heterocycles. The quantitative estimate of drug-likeness (QED) is 0.480. The summed E-state index contributed by atoms with van der Waals surface area (Å²) in [5, 5.41) is 0. The van der Waals surface area contributed by atoms with Gasteiger partial charge in [-0.05, 0) is 6.08 Å². The summed E-state index contributed by atoms with van der Waals surface area (Å²) in [5.41, 5.74) is 0. The lowest BCUT2D eigenvalue weighted by Crippen LogP contribution is -2.30. The topological polar surface area (TPSA) is 37.4 Å². The average molecular weight is 137 g/mol. The van der Waals surface area contributed by atoms with Gasteiger partial charge in [0.05, 0.1) is 0 Å². The number of carbonyl (C=O) groups excluding carboxylic acids is 2. The van der Waals surface area contributed by atoms with E-state index in [-0.39, 0.29) is 11.8 Å². The van der Waals surface area contributed by atoms with Crippen molar-refractivity contribution < 1.29 is 9.59 Å². The summed E-state index contributed by atoms with van der Waals surface area (Å²) < 4.78 is 0. The van der Waals surface area contributed by atoms with Crippen LogP contribution in [-0.2, 0) is 9.59 Å². The molecule has 2 amide bonds. The number of hydrogen-bond donors (Lipinski definition) is 0. The molecule has 0 unspecified atom stereocenters. The van der Waals surface area contributed by atoms with Gasteiger partial charge >= 0.3 is 0 Å². The van der Waals surface area contributed by atoms with Gasteiger partial charge in [-0.1, -0.05) is 12.7 Å². The van der Waals surface area contributed by atoms with Crippen molar-refractivity contribution >= 4 is 11.8 Å². The third-order valence-corrected chi connectivity index (χ3v) is 1.26. The van der Waals surface area contributed by atoms with Gasteiger partial charge in [0, 0.05) is 12.6 Å². The highest BCUT2D eigenvalue weighted by atomic mass is 16.2. The van der Waals surface area contributed by atoms with Crippen molar-refractivity contribution in [2.75, 3.05) is 6.54 Å². The number of hydrogen-bond acceptors (Lipinski definition) is 2. The Morgan fingerprint density at radius 1 is 1.80 bits per heavy atom. The zero-order valence-corrected chi connectivity index (χ0v) is 5.41. The molecule has 3 nitrogen and oxygen atoms in total. The lowest BCUT2D eigenvalue weighted by molar-refractivity contribution is -0.137. The van der Waals surface area contributed by atoms with Crippen LogP contribution in [0.25, 0.3) is 0 Å². The first-order chi connectivity index (χ1) is 4.75. The molecule has 0 bridgehead atoms. The van der Waals surface area contributed by atoms with Crippen molar-refractivity contribution in [3.63, 3.8) is 0 Å². The van der Waals surface area contributed by atoms with Crippen LogP contribution >= 0.6 is 0 Å². The lowest BCUT2D eigenvalue weighted by Gasteiger charge is -2.08. The van der Waals surface area contributed by atoms with E-state index in [1.807, 2.05) is 0 Å². The van der Waals surface area contributed by atoms with E-state index in [2.05, 4.69) is 6.58 Å². The first-order valence-electron chi connectivity index (χ1n) is 2.90. The molecule has 0 atom stereocenters. The summed E-state index contributed by atoms with van der Waals surface area (Å²) in [6, 6.07) is 0. The van der Waals surface area contributed by atoms with Crippen LogP contribution in [0.4, 0.5) is 0 Å². The Hall–Kier alpha value is -1.38. The summed E-state index contributed by atoms with van der Waals surface area (Å²) >= 11 is 0. The number of amides is 2. The molecule has 0 aromatic carbocycles. The third-order valence-electron chi connectivity index (χ3n) is 1.26. The van der Waals surface area contributed by atoms with E-state index < -0.39 is 0 Å². The van der Waals surface area contributed by atoms with E-state index in [1.54, 1.807) is 6.08 Å². The molecule has 0 spiro atoms. The van der Waals surface area contributed by atoms with Crippen LogP contribution in [0.15, 0.2) is 24.8 Å². The smallest absolute Gasteiger partial charge is 0.253 e. The molecule has 1 aliphatic heterocycles. The second kappa shape index (κ2) is 2.47. The Kier molecular flexibility index (Phi) is 1.67. The second-order valence-electron chi connectivity index (χ2n) is 1.89. The number of carbonyl (C=O) groups is 2. The SMILES string of the molecule is C=CC(=O)N1CC=CC1=O. The maximum absolute atomic E-state index is 10.8. The van der Waals surface area contributed by atoms with Crippen molar-refractivity contribution in [3.8, 4) is 0 Å². The van der Waals surface area contributed by atoms with E-state index in [0.29, 0.717) is 6.54 Å². The third kappa shape index (κ3) is 0.978. The van der Waals surface area contributed by atoms with Gasteiger partial charge in [0.15, 0.2) is 0 Å². The minimum atomic E-state index is -0.338. The van der Waals surface area contributed by atoms with Crippen LogP contribution in [0.3, 0.4) is 0 Å². The fourth-order valence-corrected chi connectivity index (χ4v) is 0.748. The van der Waals surface area contributed by atoms with E-state index in [9.17, 15) is 9.59 Å².